The molecule has 1 aromatic carbocycles. The maximum atomic E-state index is 5.40. The molecule has 1 heterocycles. The molecule has 4 nitrogen and oxygen atoms in total. The van der Waals surface area contributed by atoms with Gasteiger partial charge in [0.05, 0.1) is 11.6 Å². The molecule has 5 heteroatoms. The Morgan fingerprint density at radius 3 is 2.80 bits per heavy atom. The number of ether oxygens (including phenoxy) is 1. The lowest BCUT2D eigenvalue weighted by Gasteiger charge is -2.27. The van der Waals surface area contributed by atoms with Crippen molar-refractivity contribution in [3.05, 3.63) is 46.8 Å². The van der Waals surface area contributed by atoms with Crippen molar-refractivity contribution in [1.82, 2.24) is 9.97 Å². The molecule has 0 fully saturated rings. The monoisotopic (exact) mass is 335 g/mol. The Morgan fingerprint density at radius 2 is 2.10 bits per heavy atom. The van der Waals surface area contributed by atoms with E-state index in [1.165, 1.54) is 5.56 Å². The molecular weight excluding hydrogens is 318 g/mol. The zero-order valence-electron chi connectivity index (χ0n) is 11.9. The van der Waals surface area contributed by atoms with Crippen LogP contribution in [0.1, 0.15) is 12.5 Å². The largest absolute Gasteiger partial charge is 0.496 e. The van der Waals surface area contributed by atoms with Gasteiger partial charge in [-0.15, -0.1) is 0 Å². The SMILES string of the molecule is COc1ccccc1CC(C)N(C)c1ncncc1Br. The summed E-state index contributed by atoms with van der Waals surface area (Å²) in [6, 6.07) is 8.39. The Morgan fingerprint density at radius 1 is 1.35 bits per heavy atom. The van der Waals surface area contributed by atoms with Crippen LogP contribution in [0, 0.1) is 0 Å². The third-order valence-electron chi connectivity index (χ3n) is 3.35. The fraction of sp³-hybridized carbons (Fsp3) is 0.333. The summed E-state index contributed by atoms with van der Waals surface area (Å²) in [5.41, 5.74) is 1.19. The first-order valence-electron chi connectivity index (χ1n) is 6.43. The van der Waals surface area contributed by atoms with Gasteiger partial charge in [0.15, 0.2) is 0 Å². The highest BCUT2D eigenvalue weighted by molar-refractivity contribution is 9.10. The minimum absolute atomic E-state index is 0.289. The van der Waals surface area contributed by atoms with Crippen LogP contribution >= 0.6 is 15.9 Å². The van der Waals surface area contributed by atoms with Crippen molar-refractivity contribution in [3.8, 4) is 5.75 Å². The third-order valence-corrected chi connectivity index (χ3v) is 3.91. The van der Waals surface area contributed by atoms with Gasteiger partial charge in [0, 0.05) is 19.3 Å². The molecule has 0 amide bonds. The Bertz CT molecular complexity index is 577. The van der Waals surface area contributed by atoms with E-state index in [-0.39, 0.29) is 6.04 Å². The first kappa shape index (κ1) is 14.8. The number of methoxy groups -OCH3 is 1. The van der Waals surface area contributed by atoms with E-state index in [4.69, 9.17) is 4.74 Å². The maximum Gasteiger partial charge on any atom is 0.146 e. The van der Waals surface area contributed by atoms with Gasteiger partial charge in [0.25, 0.3) is 0 Å². The molecule has 0 aliphatic carbocycles. The highest BCUT2D eigenvalue weighted by atomic mass is 79.9. The van der Waals surface area contributed by atoms with Gasteiger partial charge >= 0.3 is 0 Å². The van der Waals surface area contributed by atoms with Crippen LogP contribution in [0.3, 0.4) is 0 Å². The molecule has 2 aromatic rings. The fourth-order valence-electron chi connectivity index (χ4n) is 2.10. The molecule has 0 aliphatic rings. The Hall–Kier alpha value is -1.62. The summed E-state index contributed by atoms with van der Waals surface area (Å²) >= 11 is 3.49. The molecule has 20 heavy (non-hydrogen) atoms. The number of halogens is 1. The van der Waals surface area contributed by atoms with Crippen molar-refractivity contribution in [1.29, 1.82) is 0 Å². The van der Waals surface area contributed by atoms with Gasteiger partial charge in [-0.3, -0.25) is 0 Å². The number of hydrogen-bond acceptors (Lipinski definition) is 4. The zero-order chi connectivity index (χ0) is 14.5. The summed E-state index contributed by atoms with van der Waals surface area (Å²) in [6.45, 7) is 2.17. The molecule has 1 aromatic heterocycles. The van der Waals surface area contributed by atoms with Crippen LogP contribution in [-0.2, 0) is 6.42 Å². The van der Waals surface area contributed by atoms with Crippen LogP contribution in [0.5, 0.6) is 5.75 Å². The summed E-state index contributed by atoms with van der Waals surface area (Å²) < 4.78 is 6.30. The lowest BCUT2D eigenvalue weighted by atomic mass is 10.1. The summed E-state index contributed by atoms with van der Waals surface area (Å²) in [7, 11) is 3.74. The van der Waals surface area contributed by atoms with Gasteiger partial charge in [-0.1, -0.05) is 18.2 Å². The normalized spacial score (nSPS) is 12.0. The highest BCUT2D eigenvalue weighted by Crippen LogP contribution is 2.25. The quantitative estimate of drug-likeness (QED) is 0.840. The van der Waals surface area contributed by atoms with E-state index < -0.39 is 0 Å². The summed E-state index contributed by atoms with van der Waals surface area (Å²) in [6.07, 6.45) is 4.21. The van der Waals surface area contributed by atoms with Gasteiger partial charge < -0.3 is 9.64 Å². The number of benzene rings is 1. The topological polar surface area (TPSA) is 38.2 Å². The standard InChI is InChI=1S/C15H18BrN3O/c1-11(8-12-6-4-5-7-14(12)20-3)19(2)15-13(16)9-17-10-18-15/h4-7,9-11H,8H2,1-3H3. The molecular formula is C15H18BrN3O. The van der Waals surface area contributed by atoms with Gasteiger partial charge in [0.1, 0.15) is 17.9 Å². The van der Waals surface area contributed by atoms with Crippen molar-refractivity contribution in [2.45, 2.75) is 19.4 Å². The smallest absolute Gasteiger partial charge is 0.146 e. The van der Waals surface area contributed by atoms with E-state index in [1.54, 1.807) is 19.6 Å². The van der Waals surface area contributed by atoms with Crippen LogP contribution in [0.25, 0.3) is 0 Å². The molecule has 0 spiro atoms. The minimum Gasteiger partial charge on any atom is -0.496 e. The van der Waals surface area contributed by atoms with E-state index in [0.29, 0.717) is 0 Å². The van der Waals surface area contributed by atoms with Crippen molar-refractivity contribution in [2.24, 2.45) is 0 Å². The third kappa shape index (κ3) is 3.28. The number of aromatic nitrogens is 2. The summed E-state index contributed by atoms with van der Waals surface area (Å²) in [5.74, 6) is 1.82. The van der Waals surface area contributed by atoms with Crippen molar-refractivity contribution in [2.75, 3.05) is 19.1 Å². The lowest BCUT2D eigenvalue weighted by molar-refractivity contribution is 0.408. The van der Waals surface area contributed by atoms with Gasteiger partial charge in [-0.25, -0.2) is 9.97 Å². The predicted octanol–water partition coefficient (Wildman–Crippen LogP) is 3.32. The van der Waals surface area contributed by atoms with Crippen molar-refractivity contribution in [3.63, 3.8) is 0 Å². The van der Waals surface area contributed by atoms with Crippen molar-refractivity contribution < 1.29 is 4.74 Å². The van der Waals surface area contributed by atoms with Gasteiger partial charge in [-0.05, 0) is 40.9 Å². The Kier molecular flexibility index (Phi) is 4.95. The number of hydrogen-bond donors (Lipinski definition) is 0. The highest BCUT2D eigenvalue weighted by Gasteiger charge is 2.16. The Labute approximate surface area is 127 Å². The van der Waals surface area contributed by atoms with Crippen LogP contribution in [-0.4, -0.2) is 30.2 Å². The first-order chi connectivity index (χ1) is 9.63. The number of likely N-dealkylation sites (N-methyl/N-ethyl adjacent to an activating group) is 1. The predicted molar refractivity (Wildman–Crippen MR) is 84.3 cm³/mol. The van der Waals surface area contributed by atoms with Crippen LogP contribution in [0.4, 0.5) is 5.82 Å². The first-order valence-corrected chi connectivity index (χ1v) is 7.23. The van der Waals surface area contributed by atoms with E-state index in [2.05, 4.69) is 43.8 Å². The van der Waals surface area contributed by atoms with Gasteiger partial charge in [-0.2, -0.15) is 0 Å². The van der Waals surface area contributed by atoms with Crippen LogP contribution < -0.4 is 9.64 Å². The second-order valence-corrected chi connectivity index (χ2v) is 5.52. The van der Waals surface area contributed by atoms with E-state index in [9.17, 15) is 0 Å². The Balaban J connectivity index is 2.16. The number of para-hydroxylation sites is 1. The molecule has 0 radical (unpaired) electrons. The number of anilines is 1. The lowest BCUT2D eigenvalue weighted by Crippen LogP contribution is -2.31. The maximum absolute atomic E-state index is 5.40. The average molecular weight is 336 g/mol. The van der Waals surface area contributed by atoms with E-state index in [1.807, 2.05) is 25.2 Å². The van der Waals surface area contributed by atoms with Crippen molar-refractivity contribution >= 4 is 21.7 Å². The molecule has 1 atom stereocenters. The molecule has 0 aliphatic heterocycles. The number of rotatable bonds is 5. The van der Waals surface area contributed by atoms with E-state index in [0.717, 1.165) is 22.5 Å². The molecule has 0 saturated heterocycles. The second kappa shape index (κ2) is 6.70. The molecule has 0 N–H and O–H groups in total. The van der Waals surface area contributed by atoms with Gasteiger partial charge in [0.2, 0.25) is 0 Å². The molecule has 2 rings (SSSR count). The van der Waals surface area contributed by atoms with Crippen LogP contribution in [0.15, 0.2) is 41.3 Å². The fourth-order valence-corrected chi connectivity index (χ4v) is 2.60. The number of nitrogens with zero attached hydrogens (tertiary/aromatic N) is 3. The summed E-state index contributed by atoms with van der Waals surface area (Å²) in [5, 5.41) is 0. The molecule has 106 valence electrons. The van der Waals surface area contributed by atoms with Crippen LogP contribution in [0.2, 0.25) is 0 Å². The summed E-state index contributed by atoms with van der Waals surface area (Å²) in [4.78, 5) is 10.5. The molecule has 1 unspecified atom stereocenters. The minimum atomic E-state index is 0.289. The molecule has 0 bridgehead atoms. The zero-order valence-corrected chi connectivity index (χ0v) is 13.5. The second-order valence-electron chi connectivity index (χ2n) is 4.67. The average Bonchev–Trinajstić information content (AvgIpc) is 2.47. The van der Waals surface area contributed by atoms with E-state index >= 15 is 0 Å². The molecule has 0 saturated carbocycles.